The van der Waals surface area contributed by atoms with Gasteiger partial charge in [-0.15, -0.1) is 10.2 Å². The minimum atomic E-state index is -4.52. The normalized spacial score (nSPS) is 12.5. The summed E-state index contributed by atoms with van der Waals surface area (Å²) in [6, 6.07) is 20.5. The van der Waals surface area contributed by atoms with Gasteiger partial charge in [0.25, 0.3) is 0 Å². The highest BCUT2D eigenvalue weighted by atomic mass is 35.5. The molecule has 9 heteroatoms. The van der Waals surface area contributed by atoms with E-state index in [4.69, 9.17) is 11.6 Å². The van der Waals surface area contributed by atoms with Crippen LogP contribution in [-0.2, 0) is 6.18 Å². The van der Waals surface area contributed by atoms with Crippen LogP contribution in [-0.4, -0.2) is 25.8 Å². The maximum absolute atomic E-state index is 13.4. The highest BCUT2D eigenvalue weighted by molar-refractivity contribution is 8.00. The second-order valence-electron chi connectivity index (χ2n) is 7.16. The van der Waals surface area contributed by atoms with Gasteiger partial charge in [0.2, 0.25) is 0 Å². The minimum Gasteiger partial charge on any atom is -0.293 e. The van der Waals surface area contributed by atoms with E-state index in [1.165, 1.54) is 16.7 Å². The second-order valence-corrected chi connectivity index (χ2v) is 8.88. The van der Waals surface area contributed by atoms with Crippen LogP contribution in [0, 0.1) is 0 Å². The fraction of sp³-hybridized carbons (Fsp3) is 0.125. The number of carbonyl (C=O) groups is 1. The summed E-state index contributed by atoms with van der Waals surface area (Å²) in [5.74, 6) is 0.153. The molecule has 1 aromatic heterocycles. The molecule has 0 amide bonds. The Kier molecular flexibility index (Phi) is 6.58. The lowest BCUT2D eigenvalue weighted by Gasteiger charge is -2.15. The standard InChI is InChI=1S/C24H17ClF3N3OS/c1-15(21(32)16-8-3-2-4-9-16)33-23-30-29-22(19-12-5-6-13-20(19)25)31(23)18-11-7-10-17(14-18)24(26,27)28/h2-15H,1H3. The number of alkyl halides is 3. The summed E-state index contributed by atoms with van der Waals surface area (Å²) in [4.78, 5) is 12.9. The molecular formula is C24H17ClF3N3OS. The van der Waals surface area contributed by atoms with Crippen molar-refractivity contribution in [2.24, 2.45) is 0 Å². The molecule has 4 rings (SSSR count). The molecule has 0 aliphatic rings. The van der Waals surface area contributed by atoms with Crippen molar-refractivity contribution in [1.82, 2.24) is 14.8 Å². The second kappa shape index (κ2) is 9.41. The Morgan fingerprint density at radius 1 is 0.970 bits per heavy atom. The number of thioether (sulfide) groups is 1. The van der Waals surface area contributed by atoms with Crippen LogP contribution in [0.2, 0.25) is 5.02 Å². The Hall–Kier alpha value is -3.10. The predicted octanol–water partition coefficient (Wildman–Crippen LogP) is 6.97. The van der Waals surface area contributed by atoms with Crippen LogP contribution in [0.15, 0.2) is 84.0 Å². The van der Waals surface area contributed by atoms with Gasteiger partial charge in [-0.25, -0.2) is 0 Å². The zero-order chi connectivity index (χ0) is 23.6. The van der Waals surface area contributed by atoms with Gasteiger partial charge in [0, 0.05) is 11.1 Å². The zero-order valence-electron chi connectivity index (χ0n) is 17.3. The van der Waals surface area contributed by atoms with Gasteiger partial charge in [-0.3, -0.25) is 9.36 Å². The first-order valence-electron chi connectivity index (χ1n) is 9.89. The van der Waals surface area contributed by atoms with E-state index in [1.54, 1.807) is 55.5 Å². The summed E-state index contributed by atoms with van der Waals surface area (Å²) < 4.78 is 41.7. The molecule has 0 fully saturated rings. The fourth-order valence-electron chi connectivity index (χ4n) is 3.27. The first-order chi connectivity index (χ1) is 15.8. The Morgan fingerprint density at radius 3 is 2.36 bits per heavy atom. The number of hydrogen-bond donors (Lipinski definition) is 0. The van der Waals surface area contributed by atoms with E-state index < -0.39 is 17.0 Å². The predicted molar refractivity (Wildman–Crippen MR) is 123 cm³/mol. The number of Topliss-reactive ketones (excluding diaryl/α,β-unsaturated/α-hetero) is 1. The highest BCUT2D eigenvalue weighted by Gasteiger charge is 2.31. The summed E-state index contributed by atoms with van der Waals surface area (Å²) >= 11 is 7.46. The molecule has 0 saturated carbocycles. The molecular weight excluding hydrogens is 471 g/mol. The van der Waals surface area contributed by atoms with Crippen LogP contribution in [0.3, 0.4) is 0 Å². The Bertz CT molecular complexity index is 1290. The molecule has 0 aliphatic heterocycles. The van der Waals surface area contributed by atoms with Crippen molar-refractivity contribution in [1.29, 1.82) is 0 Å². The summed E-state index contributed by atoms with van der Waals surface area (Å²) in [6.07, 6.45) is -4.52. The van der Waals surface area contributed by atoms with Gasteiger partial charge in [0.1, 0.15) is 0 Å². The van der Waals surface area contributed by atoms with Crippen molar-refractivity contribution >= 4 is 29.1 Å². The average Bonchev–Trinajstić information content (AvgIpc) is 3.22. The van der Waals surface area contributed by atoms with E-state index in [0.717, 1.165) is 23.9 Å². The van der Waals surface area contributed by atoms with Gasteiger partial charge in [-0.05, 0) is 37.3 Å². The van der Waals surface area contributed by atoms with E-state index >= 15 is 0 Å². The Labute approximate surface area is 197 Å². The molecule has 1 atom stereocenters. The third-order valence-electron chi connectivity index (χ3n) is 4.89. The summed E-state index contributed by atoms with van der Waals surface area (Å²) in [7, 11) is 0. The summed E-state index contributed by atoms with van der Waals surface area (Å²) in [5, 5.41) is 8.52. The maximum Gasteiger partial charge on any atom is 0.416 e. The van der Waals surface area contributed by atoms with Gasteiger partial charge >= 0.3 is 6.18 Å². The topological polar surface area (TPSA) is 47.8 Å². The number of carbonyl (C=O) groups excluding carboxylic acids is 1. The van der Waals surface area contributed by atoms with Gasteiger partial charge in [-0.1, -0.05) is 71.9 Å². The molecule has 0 N–H and O–H groups in total. The fourth-order valence-corrected chi connectivity index (χ4v) is 4.43. The molecule has 1 unspecified atom stereocenters. The first kappa shape index (κ1) is 23.1. The van der Waals surface area contributed by atoms with Crippen LogP contribution in [0.25, 0.3) is 17.1 Å². The zero-order valence-corrected chi connectivity index (χ0v) is 18.8. The Balaban J connectivity index is 1.80. The Morgan fingerprint density at radius 2 is 1.67 bits per heavy atom. The average molecular weight is 488 g/mol. The molecule has 0 bridgehead atoms. The third-order valence-corrected chi connectivity index (χ3v) is 6.26. The van der Waals surface area contributed by atoms with E-state index in [1.807, 2.05) is 6.07 Å². The van der Waals surface area contributed by atoms with Crippen LogP contribution < -0.4 is 0 Å². The lowest BCUT2D eigenvalue weighted by atomic mass is 10.1. The van der Waals surface area contributed by atoms with Crippen molar-refractivity contribution in [2.45, 2.75) is 23.5 Å². The van der Waals surface area contributed by atoms with Gasteiger partial charge in [0.15, 0.2) is 16.8 Å². The monoisotopic (exact) mass is 487 g/mol. The van der Waals surface area contributed by atoms with Crippen LogP contribution >= 0.6 is 23.4 Å². The number of nitrogens with zero attached hydrogens (tertiary/aromatic N) is 3. The van der Waals surface area contributed by atoms with E-state index in [2.05, 4.69) is 10.2 Å². The summed E-state index contributed by atoms with van der Waals surface area (Å²) in [6.45, 7) is 1.72. The highest BCUT2D eigenvalue weighted by Crippen LogP contribution is 2.36. The van der Waals surface area contributed by atoms with E-state index in [-0.39, 0.29) is 22.5 Å². The van der Waals surface area contributed by atoms with Gasteiger partial charge in [-0.2, -0.15) is 13.2 Å². The molecule has 168 valence electrons. The number of hydrogen-bond acceptors (Lipinski definition) is 4. The summed E-state index contributed by atoms with van der Waals surface area (Å²) in [5.41, 5.74) is 0.460. The van der Waals surface area contributed by atoms with Gasteiger partial charge < -0.3 is 0 Å². The maximum atomic E-state index is 13.4. The number of benzene rings is 3. The molecule has 3 aromatic carbocycles. The lowest BCUT2D eigenvalue weighted by Crippen LogP contribution is -2.14. The van der Waals surface area contributed by atoms with Gasteiger partial charge in [0.05, 0.1) is 21.5 Å². The quantitative estimate of drug-likeness (QED) is 0.218. The third kappa shape index (κ3) is 4.96. The van der Waals surface area contributed by atoms with E-state index in [0.29, 0.717) is 16.1 Å². The molecule has 4 nitrogen and oxygen atoms in total. The van der Waals surface area contributed by atoms with Crippen LogP contribution in [0.4, 0.5) is 13.2 Å². The van der Waals surface area contributed by atoms with Crippen molar-refractivity contribution in [2.75, 3.05) is 0 Å². The molecule has 4 aromatic rings. The van der Waals surface area contributed by atoms with Crippen molar-refractivity contribution < 1.29 is 18.0 Å². The van der Waals surface area contributed by atoms with Crippen molar-refractivity contribution in [3.63, 3.8) is 0 Å². The van der Waals surface area contributed by atoms with Crippen molar-refractivity contribution in [3.8, 4) is 17.1 Å². The number of halogens is 4. The molecule has 1 heterocycles. The SMILES string of the molecule is CC(Sc1nnc(-c2ccccc2Cl)n1-c1cccc(C(F)(F)F)c1)C(=O)c1ccccc1. The molecule has 0 spiro atoms. The smallest absolute Gasteiger partial charge is 0.293 e. The van der Waals surface area contributed by atoms with Crippen molar-refractivity contribution in [3.05, 3.63) is 95.0 Å². The van der Waals surface area contributed by atoms with Crippen LogP contribution in [0.1, 0.15) is 22.8 Å². The van der Waals surface area contributed by atoms with E-state index in [9.17, 15) is 18.0 Å². The van der Waals surface area contributed by atoms with Crippen LogP contribution in [0.5, 0.6) is 0 Å². The number of aromatic nitrogens is 3. The minimum absolute atomic E-state index is 0.126. The molecule has 0 aliphatic carbocycles. The molecule has 0 saturated heterocycles. The lowest BCUT2D eigenvalue weighted by molar-refractivity contribution is -0.137. The number of rotatable bonds is 6. The molecule has 33 heavy (non-hydrogen) atoms. The first-order valence-corrected chi connectivity index (χ1v) is 11.2. The number of ketones is 1. The largest absolute Gasteiger partial charge is 0.416 e. The molecule has 0 radical (unpaired) electrons.